The molecule has 34 heavy (non-hydrogen) atoms. The van der Waals surface area contributed by atoms with Crippen LogP contribution in [0.25, 0.3) is 0 Å². The normalized spacial score (nSPS) is 15.3. The molecule has 0 radical (unpaired) electrons. The quantitative estimate of drug-likeness (QED) is 0.222. The minimum absolute atomic E-state index is 0.275. The van der Waals surface area contributed by atoms with E-state index in [-0.39, 0.29) is 5.75 Å². The topological polar surface area (TPSA) is 59.3 Å². The van der Waals surface area contributed by atoms with Gasteiger partial charge >= 0.3 is 5.97 Å². The number of halogens is 1. The molecule has 0 aliphatic carbocycles. The van der Waals surface area contributed by atoms with Crippen LogP contribution in [0.15, 0.2) is 84.9 Å². The first-order chi connectivity index (χ1) is 16.4. The van der Waals surface area contributed by atoms with Crippen molar-refractivity contribution in [1.82, 2.24) is 0 Å². The lowest BCUT2D eigenvalue weighted by Gasteiger charge is -2.44. The average Bonchev–Trinajstić information content (AvgIpc) is 2.87. The van der Waals surface area contributed by atoms with Crippen molar-refractivity contribution in [2.45, 2.75) is 46.1 Å². The number of unbranched alkanes of at least 4 members (excludes halogenated alkanes) is 1. The number of ether oxygens (including phenoxy) is 2. The van der Waals surface area contributed by atoms with E-state index >= 15 is 0 Å². The molecule has 3 aromatic rings. The summed E-state index contributed by atoms with van der Waals surface area (Å²) < 4.78 is 12.3. The summed E-state index contributed by atoms with van der Waals surface area (Å²) in [6.07, 6.45) is 1.35. The number of esters is 1. The third-order valence-corrected chi connectivity index (χ3v) is 6.83. The lowest BCUT2D eigenvalue weighted by Crippen LogP contribution is -2.50. The summed E-state index contributed by atoms with van der Waals surface area (Å²) in [7, 11) is 0. The van der Waals surface area contributed by atoms with Crippen LogP contribution in [-0.4, -0.2) is 5.97 Å². The van der Waals surface area contributed by atoms with Crippen molar-refractivity contribution in [2.75, 3.05) is 0 Å². The molecule has 0 saturated carbocycles. The van der Waals surface area contributed by atoms with Gasteiger partial charge in [-0.25, -0.2) is 0 Å². The Bertz CT molecular complexity index is 1130. The van der Waals surface area contributed by atoms with Crippen LogP contribution in [-0.2, 0) is 4.79 Å². The van der Waals surface area contributed by atoms with E-state index in [1.165, 1.54) is 0 Å². The van der Waals surface area contributed by atoms with Crippen LogP contribution < -0.4 is 9.47 Å². The van der Waals surface area contributed by atoms with Gasteiger partial charge in [-0.15, -0.1) is 0 Å². The Hall–Kier alpha value is -3.29. The molecule has 0 aliphatic heterocycles. The van der Waals surface area contributed by atoms with Crippen LogP contribution in [0.2, 0.25) is 5.02 Å². The van der Waals surface area contributed by atoms with E-state index in [1.807, 2.05) is 60.7 Å². The molecule has 3 atom stereocenters. The van der Waals surface area contributed by atoms with Crippen molar-refractivity contribution >= 4 is 17.6 Å². The molecule has 0 bridgehead atoms. The molecule has 0 N–H and O–H groups in total. The lowest BCUT2D eigenvalue weighted by atomic mass is 9.59. The van der Waals surface area contributed by atoms with Gasteiger partial charge in [0.05, 0.1) is 16.5 Å². The summed E-state index contributed by atoms with van der Waals surface area (Å²) in [5.41, 5.74) is -1.65. The molecule has 3 aromatic carbocycles. The second-order valence-electron chi connectivity index (χ2n) is 8.79. The minimum atomic E-state index is -1.27. The Morgan fingerprint density at radius 2 is 1.56 bits per heavy atom. The third kappa shape index (κ3) is 5.26. The molecule has 0 aromatic heterocycles. The maximum atomic E-state index is 13.8. The summed E-state index contributed by atoms with van der Waals surface area (Å²) in [6.45, 7) is 5.64. The Labute approximate surface area is 207 Å². The Balaban J connectivity index is 2.11. The third-order valence-electron chi connectivity index (χ3n) is 6.52. The van der Waals surface area contributed by atoms with Gasteiger partial charge in [0.1, 0.15) is 23.0 Å². The fourth-order valence-corrected chi connectivity index (χ4v) is 4.27. The zero-order valence-corrected chi connectivity index (χ0v) is 20.6. The minimum Gasteiger partial charge on any atom is -0.484 e. The monoisotopic (exact) mass is 475 g/mol. The highest BCUT2D eigenvalue weighted by Gasteiger charge is 2.57. The van der Waals surface area contributed by atoms with E-state index < -0.39 is 22.9 Å². The van der Waals surface area contributed by atoms with Gasteiger partial charge in [-0.2, -0.15) is 5.26 Å². The van der Waals surface area contributed by atoms with Gasteiger partial charge in [0.2, 0.25) is 0 Å². The molecular formula is C29H30ClNO3. The summed E-state index contributed by atoms with van der Waals surface area (Å²) >= 11 is 6.27. The number of para-hydroxylation sites is 2. The number of nitrogens with zero attached hydrogens (tertiary/aromatic N) is 1. The molecule has 3 unspecified atom stereocenters. The van der Waals surface area contributed by atoms with Crippen molar-refractivity contribution in [1.29, 1.82) is 5.26 Å². The van der Waals surface area contributed by atoms with Gasteiger partial charge in [-0.1, -0.05) is 92.0 Å². The summed E-state index contributed by atoms with van der Waals surface area (Å²) in [5.74, 6) is 0.392. The van der Waals surface area contributed by atoms with Crippen molar-refractivity contribution in [3.8, 4) is 17.6 Å². The smallest absolute Gasteiger partial charge is 0.319 e. The van der Waals surface area contributed by atoms with Crippen LogP contribution in [0, 0.1) is 22.2 Å². The number of hydrogen-bond donors (Lipinski definition) is 0. The highest BCUT2D eigenvalue weighted by atomic mass is 35.5. The second kappa shape index (κ2) is 11.2. The van der Waals surface area contributed by atoms with Crippen molar-refractivity contribution in [3.05, 3.63) is 95.5 Å². The highest BCUT2D eigenvalue weighted by molar-refractivity contribution is 6.32. The maximum Gasteiger partial charge on any atom is 0.319 e. The number of rotatable bonds is 10. The standard InChI is InChI=1S/C29H30ClNO3/c1-4-5-20-28(2,27(32)34-25-19-13-12-18-24(25)30)29(3,21-31)26(22-14-8-6-9-15-22)33-23-16-10-7-11-17-23/h6-19,26H,4-5,20H2,1-3H3. The van der Waals surface area contributed by atoms with Crippen LogP contribution in [0.4, 0.5) is 0 Å². The highest BCUT2D eigenvalue weighted by Crippen LogP contribution is 2.53. The van der Waals surface area contributed by atoms with Gasteiger partial charge < -0.3 is 9.47 Å². The number of hydrogen-bond acceptors (Lipinski definition) is 4. The van der Waals surface area contributed by atoms with E-state index in [1.54, 1.807) is 38.1 Å². The molecule has 0 saturated heterocycles. The molecule has 4 nitrogen and oxygen atoms in total. The van der Waals surface area contributed by atoms with Crippen LogP contribution in [0.3, 0.4) is 0 Å². The largest absolute Gasteiger partial charge is 0.484 e. The summed E-state index contributed by atoms with van der Waals surface area (Å²) in [5, 5.41) is 11.0. The van der Waals surface area contributed by atoms with Crippen LogP contribution in [0.1, 0.15) is 51.7 Å². The molecule has 0 amide bonds. The van der Waals surface area contributed by atoms with Crippen molar-refractivity contribution < 1.29 is 14.3 Å². The number of carbonyl (C=O) groups excluding carboxylic acids is 1. The summed E-state index contributed by atoms with van der Waals surface area (Å²) in [4.78, 5) is 13.8. The first-order valence-electron chi connectivity index (χ1n) is 11.5. The molecule has 0 heterocycles. The predicted molar refractivity (Wildman–Crippen MR) is 135 cm³/mol. The molecule has 5 heteroatoms. The maximum absolute atomic E-state index is 13.8. The number of nitriles is 1. The zero-order valence-electron chi connectivity index (χ0n) is 19.8. The summed E-state index contributed by atoms with van der Waals surface area (Å²) in [6, 6.07) is 28.2. The lowest BCUT2D eigenvalue weighted by molar-refractivity contribution is -0.156. The van der Waals surface area contributed by atoms with E-state index in [4.69, 9.17) is 21.1 Å². The van der Waals surface area contributed by atoms with Gasteiger partial charge in [-0.3, -0.25) is 4.79 Å². The molecule has 3 rings (SSSR count). The first kappa shape index (κ1) is 25.3. The van der Waals surface area contributed by atoms with Gasteiger partial charge in [0.25, 0.3) is 0 Å². The fraction of sp³-hybridized carbons (Fsp3) is 0.310. The van der Waals surface area contributed by atoms with Crippen molar-refractivity contribution in [2.24, 2.45) is 10.8 Å². The van der Waals surface area contributed by atoms with Crippen LogP contribution in [0.5, 0.6) is 11.5 Å². The van der Waals surface area contributed by atoms with Gasteiger partial charge in [0, 0.05) is 0 Å². The van der Waals surface area contributed by atoms with Gasteiger partial charge in [0.15, 0.2) is 0 Å². The SMILES string of the molecule is CCCCC(C)(C(=O)Oc1ccccc1Cl)C(C)(C#N)C(Oc1ccccc1)c1ccccc1. The average molecular weight is 476 g/mol. The zero-order chi connectivity index (χ0) is 24.6. The van der Waals surface area contributed by atoms with E-state index in [2.05, 4.69) is 13.0 Å². The Morgan fingerprint density at radius 1 is 0.971 bits per heavy atom. The molecular weight excluding hydrogens is 446 g/mol. The van der Waals surface area contributed by atoms with Crippen molar-refractivity contribution in [3.63, 3.8) is 0 Å². The first-order valence-corrected chi connectivity index (χ1v) is 11.9. The van der Waals surface area contributed by atoms with E-state index in [0.717, 1.165) is 18.4 Å². The van der Waals surface area contributed by atoms with E-state index in [0.29, 0.717) is 17.2 Å². The Kier molecular flexibility index (Phi) is 8.36. The Morgan fingerprint density at radius 3 is 2.15 bits per heavy atom. The molecule has 176 valence electrons. The molecule has 0 aliphatic rings. The number of benzene rings is 3. The predicted octanol–water partition coefficient (Wildman–Crippen LogP) is 7.79. The van der Waals surface area contributed by atoms with Gasteiger partial charge in [-0.05, 0) is 50.1 Å². The second-order valence-corrected chi connectivity index (χ2v) is 9.20. The van der Waals surface area contributed by atoms with E-state index in [9.17, 15) is 10.1 Å². The number of carbonyl (C=O) groups is 1. The fourth-order valence-electron chi connectivity index (χ4n) is 4.10. The van der Waals surface area contributed by atoms with Crippen LogP contribution >= 0.6 is 11.6 Å². The molecule has 0 fully saturated rings. The molecule has 0 spiro atoms.